The van der Waals surface area contributed by atoms with E-state index in [9.17, 15) is 4.79 Å². The van der Waals surface area contributed by atoms with E-state index < -0.39 is 16.6 Å². The van der Waals surface area contributed by atoms with E-state index in [0.717, 1.165) is 0 Å². The van der Waals surface area contributed by atoms with Crippen LogP contribution in [0.3, 0.4) is 0 Å². The van der Waals surface area contributed by atoms with Gasteiger partial charge in [0, 0.05) is 17.5 Å². The molecule has 0 heterocycles. The predicted octanol–water partition coefficient (Wildman–Crippen LogP) is 0.582. The van der Waals surface area contributed by atoms with Crippen molar-refractivity contribution in [3.8, 4) is 0 Å². The maximum Gasteiger partial charge on any atom is 0.319 e. The maximum atomic E-state index is 10.1. The minimum absolute atomic E-state index is 0.156. The van der Waals surface area contributed by atoms with Gasteiger partial charge in [0.2, 0.25) is 0 Å². The average molecular weight is 282 g/mol. The molecule has 0 spiro atoms. The number of hydrogen-bond donors (Lipinski definition) is 5. The molecule has 6 nitrogen and oxygen atoms in total. The summed E-state index contributed by atoms with van der Waals surface area (Å²) in [5.41, 5.74) is -0.667. The van der Waals surface area contributed by atoms with Crippen LogP contribution in [0, 0.1) is 5.41 Å². The first kappa shape index (κ1) is 19.7. The fraction of sp³-hybridized carbons (Fsp3) is 0.727. The van der Waals surface area contributed by atoms with Crippen molar-refractivity contribution in [1.82, 2.24) is 0 Å². The third kappa shape index (κ3) is 7.67. The van der Waals surface area contributed by atoms with E-state index in [1.165, 1.54) is 6.08 Å². The molecule has 0 rings (SSSR count). The molecule has 0 aliphatic heterocycles. The van der Waals surface area contributed by atoms with Gasteiger partial charge in [0.1, 0.15) is 5.25 Å². The standard InChI is InChI=1S/C6H14O3.C5H8O3S/c1-2-6(3-7,4-8)5-9;1-2-3-4(9-8)5(6)7/h7-9H,2-5H2,1H3;2,4,8H,1,3H2,(H,6,7). The van der Waals surface area contributed by atoms with Gasteiger partial charge in [0.05, 0.1) is 19.8 Å². The van der Waals surface area contributed by atoms with Crippen molar-refractivity contribution in [3.63, 3.8) is 0 Å². The molecule has 0 saturated carbocycles. The number of hydrogen-bond acceptors (Lipinski definition) is 6. The Morgan fingerprint density at radius 3 is 1.83 bits per heavy atom. The van der Waals surface area contributed by atoms with Crippen LogP contribution in [-0.2, 0) is 4.79 Å². The number of rotatable bonds is 8. The number of carboxylic acid groups (broad SMARTS) is 1. The molecule has 108 valence electrons. The largest absolute Gasteiger partial charge is 0.480 e. The van der Waals surface area contributed by atoms with Crippen molar-refractivity contribution < 1.29 is 29.8 Å². The Hall–Kier alpha value is -0.600. The topological polar surface area (TPSA) is 118 Å². The summed E-state index contributed by atoms with van der Waals surface area (Å²) >= 11 is 0.332. The lowest BCUT2D eigenvalue weighted by Gasteiger charge is -2.24. The van der Waals surface area contributed by atoms with Crippen molar-refractivity contribution >= 4 is 18.0 Å². The first-order valence-electron chi connectivity index (χ1n) is 5.43. The predicted molar refractivity (Wildman–Crippen MR) is 70.4 cm³/mol. The van der Waals surface area contributed by atoms with Crippen LogP contribution in [-0.4, -0.2) is 56.0 Å². The summed E-state index contributed by atoms with van der Waals surface area (Å²) in [5, 5.41) is 33.5. The Morgan fingerprint density at radius 2 is 1.78 bits per heavy atom. The van der Waals surface area contributed by atoms with Crippen LogP contribution < -0.4 is 0 Å². The lowest BCUT2D eigenvalue weighted by molar-refractivity contribution is -0.136. The number of carbonyl (C=O) groups is 1. The summed E-state index contributed by atoms with van der Waals surface area (Å²) < 4.78 is 8.32. The van der Waals surface area contributed by atoms with E-state index in [1.807, 2.05) is 6.92 Å². The van der Waals surface area contributed by atoms with Crippen LogP contribution >= 0.6 is 12.0 Å². The van der Waals surface area contributed by atoms with Gasteiger partial charge >= 0.3 is 5.97 Å². The Kier molecular flexibility index (Phi) is 12.6. The molecular formula is C11H22O6S. The van der Waals surface area contributed by atoms with Crippen LogP contribution in [0.4, 0.5) is 0 Å². The Morgan fingerprint density at radius 1 is 1.33 bits per heavy atom. The summed E-state index contributed by atoms with van der Waals surface area (Å²) in [6, 6.07) is 0. The Bertz CT molecular complexity index is 212. The number of allylic oxidation sites excluding steroid dienone is 1. The number of carboxylic acids is 1. The van der Waals surface area contributed by atoms with Crippen molar-refractivity contribution in [2.45, 2.75) is 25.0 Å². The monoisotopic (exact) mass is 282 g/mol. The summed E-state index contributed by atoms with van der Waals surface area (Å²) in [6.45, 7) is 4.70. The minimum atomic E-state index is -1.01. The molecule has 7 heteroatoms. The zero-order chi connectivity index (χ0) is 14.6. The Labute approximate surface area is 111 Å². The fourth-order valence-electron chi connectivity index (χ4n) is 0.826. The number of aliphatic carboxylic acids is 1. The molecule has 0 saturated heterocycles. The highest BCUT2D eigenvalue weighted by Crippen LogP contribution is 2.18. The smallest absolute Gasteiger partial charge is 0.319 e. The zero-order valence-electron chi connectivity index (χ0n) is 10.4. The van der Waals surface area contributed by atoms with E-state index >= 15 is 0 Å². The molecule has 0 bridgehead atoms. The van der Waals surface area contributed by atoms with E-state index in [4.69, 9.17) is 25.0 Å². The van der Waals surface area contributed by atoms with Gasteiger partial charge in [-0.3, -0.25) is 4.79 Å². The second-order valence-corrected chi connectivity index (χ2v) is 4.56. The van der Waals surface area contributed by atoms with Crippen LogP contribution in [0.15, 0.2) is 12.7 Å². The van der Waals surface area contributed by atoms with E-state index in [-0.39, 0.29) is 26.2 Å². The first-order chi connectivity index (χ1) is 8.46. The molecule has 0 amide bonds. The lowest BCUT2D eigenvalue weighted by Crippen LogP contribution is -2.32. The highest BCUT2D eigenvalue weighted by molar-refractivity contribution is 7.95. The second-order valence-electron chi connectivity index (χ2n) is 3.78. The summed E-state index contributed by atoms with van der Waals surface area (Å²) in [7, 11) is 0. The molecule has 0 aromatic carbocycles. The van der Waals surface area contributed by atoms with Gasteiger partial charge in [0.25, 0.3) is 0 Å². The van der Waals surface area contributed by atoms with Gasteiger partial charge in [-0.15, -0.1) is 6.58 Å². The third-order valence-corrected chi connectivity index (χ3v) is 3.19. The summed E-state index contributed by atoms with van der Waals surface area (Å²) in [5.74, 6) is -1.01. The zero-order valence-corrected chi connectivity index (χ0v) is 11.3. The van der Waals surface area contributed by atoms with Crippen LogP contribution in [0.5, 0.6) is 0 Å². The third-order valence-electron chi connectivity index (χ3n) is 2.54. The molecular weight excluding hydrogens is 260 g/mol. The van der Waals surface area contributed by atoms with Gasteiger partial charge in [-0.1, -0.05) is 13.0 Å². The lowest BCUT2D eigenvalue weighted by atomic mass is 9.88. The van der Waals surface area contributed by atoms with Gasteiger partial charge in [0.15, 0.2) is 0 Å². The van der Waals surface area contributed by atoms with E-state index in [1.54, 1.807) is 0 Å². The molecule has 0 aromatic rings. The van der Waals surface area contributed by atoms with Crippen molar-refractivity contribution in [2.75, 3.05) is 19.8 Å². The van der Waals surface area contributed by atoms with Gasteiger partial charge < -0.3 is 25.0 Å². The molecule has 0 aromatic heterocycles. The SMILES string of the molecule is C=CCC(SO)C(=O)O.CCC(CO)(CO)CO. The molecule has 18 heavy (non-hydrogen) atoms. The summed E-state index contributed by atoms with van der Waals surface area (Å²) in [4.78, 5) is 10.1. The van der Waals surface area contributed by atoms with Crippen molar-refractivity contribution in [3.05, 3.63) is 12.7 Å². The highest BCUT2D eigenvalue weighted by Gasteiger charge is 2.24. The molecule has 0 fully saturated rings. The van der Waals surface area contributed by atoms with Crippen LogP contribution in [0.25, 0.3) is 0 Å². The molecule has 1 atom stereocenters. The molecule has 1 unspecified atom stereocenters. The molecule has 0 aliphatic rings. The van der Waals surface area contributed by atoms with Gasteiger partial charge in [-0.25, -0.2) is 0 Å². The van der Waals surface area contributed by atoms with Gasteiger partial charge in [-0.05, 0) is 12.8 Å². The second kappa shape index (κ2) is 11.5. The van der Waals surface area contributed by atoms with Crippen LogP contribution in [0.2, 0.25) is 0 Å². The maximum absolute atomic E-state index is 10.1. The molecule has 5 N–H and O–H groups in total. The Balaban J connectivity index is 0. The minimum Gasteiger partial charge on any atom is -0.480 e. The van der Waals surface area contributed by atoms with Gasteiger partial charge in [-0.2, -0.15) is 0 Å². The first-order valence-corrected chi connectivity index (χ1v) is 6.27. The number of aliphatic hydroxyl groups excluding tert-OH is 3. The molecule has 0 radical (unpaired) electrons. The fourth-order valence-corrected chi connectivity index (χ4v) is 1.14. The van der Waals surface area contributed by atoms with E-state index in [0.29, 0.717) is 18.5 Å². The normalized spacial score (nSPS) is 12.3. The van der Waals surface area contributed by atoms with Crippen LogP contribution in [0.1, 0.15) is 19.8 Å². The average Bonchev–Trinajstić information content (AvgIpc) is 2.39. The highest BCUT2D eigenvalue weighted by atomic mass is 32.2. The summed E-state index contributed by atoms with van der Waals surface area (Å²) in [6.07, 6.45) is 2.34. The van der Waals surface area contributed by atoms with Crippen molar-refractivity contribution in [2.24, 2.45) is 5.41 Å². The van der Waals surface area contributed by atoms with Crippen molar-refractivity contribution in [1.29, 1.82) is 0 Å². The number of aliphatic hydroxyl groups is 3. The van der Waals surface area contributed by atoms with E-state index in [2.05, 4.69) is 6.58 Å². The molecule has 0 aliphatic carbocycles. The quantitative estimate of drug-likeness (QED) is 0.326.